The van der Waals surface area contributed by atoms with E-state index in [0.717, 1.165) is 37.9 Å². The van der Waals surface area contributed by atoms with Gasteiger partial charge in [0.25, 0.3) is 5.91 Å². The molecule has 6 heteroatoms. The maximum atomic E-state index is 12.7. The molecule has 2 N–H and O–H groups in total. The Labute approximate surface area is 152 Å². The van der Waals surface area contributed by atoms with Crippen LogP contribution < -0.4 is 10.6 Å². The van der Waals surface area contributed by atoms with Crippen molar-refractivity contribution in [2.24, 2.45) is 5.92 Å². The molecule has 0 saturated carbocycles. The first-order valence-corrected chi connectivity index (χ1v) is 7.99. The number of methoxy groups -OCH3 is 1. The van der Waals surface area contributed by atoms with Crippen LogP contribution in [0.4, 0.5) is 0 Å². The van der Waals surface area contributed by atoms with E-state index in [0.29, 0.717) is 17.0 Å². The van der Waals surface area contributed by atoms with Gasteiger partial charge in [0.1, 0.15) is 0 Å². The minimum absolute atomic E-state index is 0.141. The van der Waals surface area contributed by atoms with Crippen LogP contribution in [-0.2, 0) is 11.3 Å². The van der Waals surface area contributed by atoms with Gasteiger partial charge in [0.15, 0.2) is 0 Å². The second-order valence-corrected chi connectivity index (χ2v) is 6.00. The van der Waals surface area contributed by atoms with Gasteiger partial charge in [0.2, 0.25) is 0 Å². The Bertz CT molecular complexity index is 952. The molecule has 0 radical (unpaired) electrons. The zero-order valence-corrected chi connectivity index (χ0v) is 13.6. The van der Waals surface area contributed by atoms with E-state index in [-0.39, 0.29) is 5.56 Å². The lowest BCUT2D eigenvalue weighted by atomic mass is 9.98. The summed E-state index contributed by atoms with van der Waals surface area (Å²) in [6, 6.07) is 3.14. The highest BCUT2D eigenvalue weighted by Gasteiger charge is 2.16. The number of hydrogen-bond acceptors (Lipinski definition) is 4. The number of rotatable bonds is 6. The van der Waals surface area contributed by atoms with Crippen LogP contribution in [0.3, 0.4) is 0 Å². The summed E-state index contributed by atoms with van der Waals surface area (Å²) >= 11 is 0. The fourth-order valence-electron chi connectivity index (χ4n) is 3.12. The summed E-state index contributed by atoms with van der Waals surface area (Å²) in [6.45, 7) is -1.92. The minimum atomic E-state index is -3.27. The minimum Gasteiger partial charge on any atom is -0.383 e. The van der Waals surface area contributed by atoms with Gasteiger partial charge < -0.3 is 15.4 Å². The fourth-order valence-corrected chi connectivity index (χ4v) is 3.12. The van der Waals surface area contributed by atoms with Crippen LogP contribution in [0.25, 0.3) is 10.9 Å². The summed E-state index contributed by atoms with van der Waals surface area (Å²) in [5.41, 5.74) is 1.41. The van der Waals surface area contributed by atoms with E-state index in [1.165, 1.54) is 6.07 Å². The monoisotopic (exact) mass is 337 g/mol. The lowest BCUT2D eigenvalue weighted by Crippen LogP contribution is -2.29. The van der Waals surface area contributed by atoms with Crippen molar-refractivity contribution in [3.8, 4) is 0 Å². The molecule has 24 heavy (non-hydrogen) atoms. The number of aryl methyl sites for hydroxylation is 1. The molecule has 0 bridgehead atoms. The average molecular weight is 337 g/mol. The molecule has 1 aliphatic rings. The van der Waals surface area contributed by atoms with E-state index in [4.69, 9.17) is 9.60 Å². The molecular weight excluding hydrogens is 304 g/mol. The van der Waals surface area contributed by atoms with E-state index in [2.05, 4.69) is 15.2 Å². The van der Waals surface area contributed by atoms with Crippen LogP contribution in [0.15, 0.2) is 18.3 Å². The zero-order chi connectivity index (χ0) is 23.0. The lowest BCUT2D eigenvalue weighted by Gasteiger charge is -2.22. The molecule has 1 aliphatic heterocycles. The number of carbonyl (C=O) groups is 1. The van der Waals surface area contributed by atoms with E-state index in [1.807, 2.05) is 16.2 Å². The Hall–Kier alpha value is -1.92. The number of ether oxygens (including phenoxy) is 1. The Morgan fingerprint density at radius 3 is 3.17 bits per heavy atom. The van der Waals surface area contributed by atoms with E-state index in [1.54, 1.807) is 13.0 Å². The SMILES string of the molecule is [2H]C([2H])([2H])OC([2H])([2H])C([2H])([2H])NC(=O)c1ccc2nn(CC3CCNCC3)cc2c1C. The maximum absolute atomic E-state index is 12.7. The van der Waals surface area contributed by atoms with Crippen molar-refractivity contribution < 1.29 is 19.1 Å². The summed E-state index contributed by atoms with van der Waals surface area (Å²) in [6.07, 6.45) is 3.99. The molecule has 1 aromatic carbocycles. The molecule has 1 fully saturated rings. The summed E-state index contributed by atoms with van der Waals surface area (Å²) in [4.78, 5) is 12.7. The molecule has 2 aromatic rings. The van der Waals surface area contributed by atoms with Gasteiger partial charge in [-0.25, -0.2) is 0 Å². The number of hydrogen-bond donors (Lipinski definition) is 2. The summed E-state index contributed by atoms with van der Waals surface area (Å²) in [5.74, 6) is -0.361. The van der Waals surface area contributed by atoms with Crippen LogP contribution >= 0.6 is 0 Å². The third-order valence-corrected chi connectivity index (χ3v) is 4.43. The second kappa shape index (κ2) is 7.77. The molecule has 6 nitrogen and oxygen atoms in total. The summed E-state index contributed by atoms with van der Waals surface area (Å²) < 4.78 is 58.0. The number of fused-ring (bicyclic) bond motifs is 1. The number of amides is 1. The van der Waals surface area contributed by atoms with Crippen LogP contribution in [0.5, 0.6) is 0 Å². The highest BCUT2D eigenvalue weighted by atomic mass is 16.5. The van der Waals surface area contributed by atoms with Gasteiger partial charge in [-0.3, -0.25) is 9.48 Å². The number of nitrogens with one attached hydrogen (secondary N) is 2. The molecule has 1 saturated heterocycles. The molecule has 1 amide bonds. The molecule has 0 spiro atoms. The van der Waals surface area contributed by atoms with Crippen LogP contribution in [0.2, 0.25) is 0 Å². The second-order valence-electron chi connectivity index (χ2n) is 6.00. The van der Waals surface area contributed by atoms with Gasteiger partial charge in [0.05, 0.1) is 21.7 Å². The highest BCUT2D eigenvalue weighted by Crippen LogP contribution is 2.22. The Morgan fingerprint density at radius 2 is 2.38 bits per heavy atom. The first-order chi connectivity index (χ1) is 14.3. The van der Waals surface area contributed by atoms with Crippen molar-refractivity contribution >= 4 is 16.8 Å². The van der Waals surface area contributed by atoms with Crippen molar-refractivity contribution in [1.29, 1.82) is 0 Å². The van der Waals surface area contributed by atoms with Crippen molar-refractivity contribution in [2.45, 2.75) is 26.3 Å². The van der Waals surface area contributed by atoms with Gasteiger partial charge in [-0.15, -0.1) is 0 Å². The zero-order valence-electron chi connectivity index (χ0n) is 20.6. The van der Waals surface area contributed by atoms with Gasteiger partial charge in [-0.2, -0.15) is 5.10 Å². The highest BCUT2D eigenvalue weighted by molar-refractivity contribution is 6.00. The first kappa shape index (κ1) is 10.2. The predicted molar refractivity (Wildman–Crippen MR) is 94.3 cm³/mol. The van der Waals surface area contributed by atoms with Crippen LogP contribution in [0, 0.1) is 12.8 Å². The van der Waals surface area contributed by atoms with Gasteiger partial charge in [0, 0.05) is 37.2 Å². The topological polar surface area (TPSA) is 68.2 Å². The maximum Gasteiger partial charge on any atom is 0.251 e. The van der Waals surface area contributed by atoms with Crippen molar-refractivity contribution in [3.63, 3.8) is 0 Å². The van der Waals surface area contributed by atoms with Crippen LogP contribution in [0.1, 0.15) is 38.4 Å². The van der Waals surface area contributed by atoms with Crippen molar-refractivity contribution in [2.75, 3.05) is 33.2 Å². The normalized spacial score (nSPS) is 21.8. The number of nitrogens with zero attached hydrogens (tertiary/aromatic N) is 2. The number of benzene rings is 1. The van der Waals surface area contributed by atoms with Gasteiger partial charge >= 0.3 is 0 Å². The van der Waals surface area contributed by atoms with E-state index < -0.39 is 26.0 Å². The van der Waals surface area contributed by atoms with Crippen LogP contribution in [-0.4, -0.2) is 48.9 Å². The third kappa shape index (κ3) is 3.76. The van der Waals surface area contributed by atoms with E-state index >= 15 is 0 Å². The molecule has 0 aliphatic carbocycles. The molecule has 2 heterocycles. The standard InChI is InChI=1S/C18H26N4O2/c1-13-15(18(23)20-9-10-24-2)3-4-17-16(13)12-22(21-17)11-14-5-7-19-8-6-14/h3-4,12,14,19H,5-11H2,1-2H3,(H,20,23)/i2D3,9D2,10D2. The summed E-state index contributed by atoms with van der Waals surface area (Å²) in [5, 5.41) is 10.6. The Kier molecular flexibility index (Phi) is 3.29. The average Bonchev–Trinajstić information content (AvgIpc) is 3.03. The number of piperidine rings is 1. The molecule has 130 valence electrons. The van der Waals surface area contributed by atoms with Crippen molar-refractivity contribution in [1.82, 2.24) is 20.4 Å². The van der Waals surface area contributed by atoms with Gasteiger partial charge in [-0.05, 0) is 56.5 Å². The summed E-state index contributed by atoms with van der Waals surface area (Å²) in [7, 11) is -3.17. The predicted octanol–water partition coefficient (Wildman–Crippen LogP) is 1.72. The lowest BCUT2D eigenvalue weighted by molar-refractivity contribution is 0.0936. The Balaban J connectivity index is 1.80. The van der Waals surface area contributed by atoms with Gasteiger partial charge in [-0.1, -0.05) is 0 Å². The third-order valence-electron chi connectivity index (χ3n) is 4.43. The molecule has 1 aromatic heterocycles. The van der Waals surface area contributed by atoms with Crippen molar-refractivity contribution in [3.05, 3.63) is 29.5 Å². The molecule has 3 rings (SSSR count). The molecule has 0 atom stereocenters. The first-order valence-electron chi connectivity index (χ1n) is 11.5. The number of carbonyl (C=O) groups excluding carboxylic acids is 1. The largest absolute Gasteiger partial charge is 0.383 e. The fraction of sp³-hybridized carbons (Fsp3) is 0.556. The van der Waals surface area contributed by atoms with E-state index in [9.17, 15) is 4.79 Å². The molecule has 0 unspecified atom stereocenters. The smallest absolute Gasteiger partial charge is 0.251 e. The number of aromatic nitrogens is 2. The Morgan fingerprint density at radius 1 is 1.54 bits per heavy atom. The molecular formula is C18H26N4O2. The quantitative estimate of drug-likeness (QED) is 0.842.